The maximum atomic E-state index is 14.4. The first-order chi connectivity index (χ1) is 18.3. The highest BCUT2D eigenvalue weighted by molar-refractivity contribution is 6.06. The van der Waals surface area contributed by atoms with Gasteiger partial charge < -0.3 is 43.3 Å². The predicted octanol–water partition coefficient (Wildman–Crippen LogP) is -1.39. The van der Waals surface area contributed by atoms with E-state index in [1.54, 1.807) is 0 Å². The third-order valence-electron chi connectivity index (χ3n) is 6.67. The molecular weight excluding hydrogens is 511 g/mol. The summed E-state index contributed by atoms with van der Waals surface area (Å²) in [5.74, 6) is -2.78. The molecule has 1 unspecified atom stereocenters. The third-order valence-corrected chi connectivity index (χ3v) is 6.67. The average Bonchev–Trinajstić information content (AvgIpc) is 3.22. The number of Topliss-reactive ketones (excluding diaryl/α,β-unsaturated/α-hetero) is 1. The molecule has 5 atom stereocenters. The molecule has 0 radical (unpaired) electrons. The van der Waals surface area contributed by atoms with Gasteiger partial charge in [0.05, 0.1) is 12.6 Å². The first-order valence-corrected chi connectivity index (χ1v) is 13.3. The van der Waals surface area contributed by atoms with Gasteiger partial charge in [-0.2, -0.15) is 0 Å². The molecule has 222 valence electrons. The molecule has 1 aliphatic heterocycles. The van der Waals surface area contributed by atoms with E-state index in [9.17, 15) is 28.4 Å². The van der Waals surface area contributed by atoms with Crippen molar-refractivity contribution >= 4 is 35.8 Å². The summed E-state index contributed by atoms with van der Waals surface area (Å²) in [6.07, 6.45) is 0.519. The number of amides is 3. The van der Waals surface area contributed by atoms with Crippen LogP contribution in [0, 0.1) is 5.92 Å². The number of rotatable bonds is 17. The van der Waals surface area contributed by atoms with Crippen LogP contribution in [-0.4, -0.2) is 90.1 Å². The molecule has 0 saturated carbocycles. The minimum Gasteiger partial charge on any atom is -0.370 e. The van der Waals surface area contributed by atoms with Crippen molar-refractivity contribution in [2.75, 3.05) is 19.6 Å². The van der Waals surface area contributed by atoms with Crippen molar-refractivity contribution in [1.82, 2.24) is 15.5 Å². The summed E-state index contributed by atoms with van der Waals surface area (Å²) < 4.78 is 14.4. The van der Waals surface area contributed by atoms with Gasteiger partial charge in [-0.25, -0.2) is 4.39 Å². The van der Waals surface area contributed by atoms with Crippen LogP contribution in [0.1, 0.15) is 65.7 Å². The highest BCUT2D eigenvalue weighted by atomic mass is 19.1. The minimum absolute atomic E-state index is 0.00293. The smallest absolute Gasteiger partial charge is 0.246 e. The summed E-state index contributed by atoms with van der Waals surface area (Å²) in [4.78, 5) is 68.7. The normalized spacial score (nSPS) is 21.1. The zero-order valence-electron chi connectivity index (χ0n) is 23.2. The number of nitrogens with two attached hydrogens (primary N) is 4. The van der Waals surface area contributed by atoms with Gasteiger partial charge >= 0.3 is 0 Å². The van der Waals surface area contributed by atoms with E-state index < -0.39 is 66.3 Å². The Morgan fingerprint density at radius 2 is 1.72 bits per heavy atom. The lowest BCUT2D eigenvalue weighted by atomic mass is 9.92. The molecule has 0 aromatic heterocycles. The number of alkyl halides is 1. The lowest BCUT2D eigenvalue weighted by Gasteiger charge is -2.34. The van der Waals surface area contributed by atoms with Gasteiger partial charge in [0.1, 0.15) is 18.3 Å². The first-order valence-electron chi connectivity index (χ1n) is 13.3. The predicted molar refractivity (Wildman–Crippen MR) is 145 cm³/mol. The molecule has 0 aliphatic carbocycles. The van der Waals surface area contributed by atoms with Crippen LogP contribution in [0.5, 0.6) is 0 Å². The molecule has 39 heavy (non-hydrogen) atoms. The van der Waals surface area contributed by atoms with Crippen molar-refractivity contribution in [2.45, 2.75) is 95.6 Å². The van der Waals surface area contributed by atoms with Crippen LogP contribution in [0.4, 0.5) is 4.39 Å². The third kappa shape index (κ3) is 10.2. The Morgan fingerprint density at radius 1 is 1.08 bits per heavy atom. The Bertz CT molecular complexity index is 898. The number of aldehydes is 1. The van der Waals surface area contributed by atoms with Gasteiger partial charge in [0.25, 0.3) is 0 Å². The van der Waals surface area contributed by atoms with Gasteiger partial charge in [-0.1, -0.05) is 20.3 Å². The lowest BCUT2D eigenvalue weighted by molar-refractivity contribution is -0.148. The van der Waals surface area contributed by atoms with Gasteiger partial charge in [0.15, 0.2) is 23.6 Å². The highest BCUT2D eigenvalue weighted by Gasteiger charge is 2.53. The number of hydrogen-bond donors (Lipinski definition) is 6. The molecule has 1 heterocycles. The average molecular weight is 557 g/mol. The van der Waals surface area contributed by atoms with E-state index in [0.717, 1.165) is 11.8 Å². The number of guanidine groups is 1. The molecule has 0 spiro atoms. The second-order valence-electron chi connectivity index (χ2n) is 10.4. The van der Waals surface area contributed by atoms with E-state index in [4.69, 9.17) is 22.9 Å². The molecule has 1 aliphatic rings. The second kappa shape index (κ2) is 16.1. The summed E-state index contributed by atoms with van der Waals surface area (Å²) in [6, 6.07) is -3.09. The van der Waals surface area contributed by atoms with Gasteiger partial charge in [0, 0.05) is 13.0 Å². The molecule has 1 fully saturated rings. The maximum absolute atomic E-state index is 14.4. The van der Waals surface area contributed by atoms with Gasteiger partial charge in [-0.15, -0.1) is 0 Å². The number of carbonyl (C=O) groups is 5. The fourth-order valence-electron chi connectivity index (χ4n) is 4.53. The standard InChI is InChI=1S/C25H45FN8O5/c1-15(2)11-20(33-21(37)18(28)7-4-5-9-27)22(38)32-19(8-6-10-31-24(29)30)23(39)34-13-17(26)12-25(34,14-35)16(3)36/h14-15,17-20H,4-13,27-28H2,1-3H3,(H,32,38)(H,33,37)(H4,29,30,31)/t17?,18-,19-,20-,25-/m0/s1. The fraction of sp³-hybridized carbons (Fsp3) is 0.760. The summed E-state index contributed by atoms with van der Waals surface area (Å²) in [7, 11) is 0. The van der Waals surface area contributed by atoms with Crippen molar-refractivity contribution in [1.29, 1.82) is 0 Å². The SMILES string of the molecule is CC(=O)[C@@]1(C=O)CC(F)CN1C(=O)[C@H](CCCN=C(N)N)NC(=O)[C@H](CC(C)C)NC(=O)[C@@H](N)CCCCN. The molecule has 0 aromatic rings. The van der Waals surface area contributed by atoms with E-state index in [1.165, 1.54) is 0 Å². The molecular formula is C25H45FN8O5. The first kappa shape index (κ1) is 33.9. The number of aliphatic imine (C=N–C) groups is 1. The van der Waals surface area contributed by atoms with E-state index >= 15 is 0 Å². The number of ketones is 1. The summed E-state index contributed by atoms with van der Waals surface area (Å²) in [5, 5.41) is 5.30. The van der Waals surface area contributed by atoms with Crippen LogP contribution in [0.25, 0.3) is 0 Å². The van der Waals surface area contributed by atoms with E-state index in [1.807, 2.05) is 13.8 Å². The molecule has 3 amide bonds. The highest BCUT2D eigenvalue weighted by Crippen LogP contribution is 2.31. The summed E-state index contributed by atoms with van der Waals surface area (Å²) >= 11 is 0. The van der Waals surface area contributed by atoms with Crippen molar-refractivity contribution in [3.8, 4) is 0 Å². The van der Waals surface area contributed by atoms with Gasteiger partial charge in [-0.3, -0.25) is 24.2 Å². The second-order valence-corrected chi connectivity index (χ2v) is 10.4. The summed E-state index contributed by atoms with van der Waals surface area (Å²) in [6.45, 7) is 4.99. The Morgan fingerprint density at radius 3 is 2.26 bits per heavy atom. The maximum Gasteiger partial charge on any atom is 0.246 e. The fourth-order valence-corrected chi connectivity index (χ4v) is 4.53. The van der Waals surface area contributed by atoms with Crippen LogP contribution >= 0.6 is 0 Å². The van der Waals surface area contributed by atoms with Crippen LogP contribution in [-0.2, 0) is 24.0 Å². The van der Waals surface area contributed by atoms with Crippen molar-refractivity contribution < 1.29 is 28.4 Å². The quantitative estimate of drug-likeness (QED) is 0.0406. The Kier molecular flexibility index (Phi) is 14.0. The Labute approximate surface area is 229 Å². The zero-order valence-corrected chi connectivity index (χ0v) is 23.2. The molecule has 0 aromatic carbocycles. The van der Waals surface area contributed by atoms with Crippen LogP contribution in [0.15, 0.2) is 4.99 Å². The van der Waals surface area contributed by atoms with Crippen molar-refractivity contribution in [2.24, 2.45) is 33.8 Å². The number of likely N-dealkylation sites (tertiary alicyclic amines) is 1. The van der Waals surface area contributed by atoms with Crippen LogP contribution in [0.3, 0.4) is 0 Å². The number of nitrogens with zero attached hydrogens (tertiary/aromatic N) is 2. The van der Waals surface area contributed by atoms with Gasteiger partial charge in [0.2, 0.25) is 17.7 Å². The Balaban J connectivity index is 3.18. The van der Waals surface area contributed by atoms with Crippen molar-refractivity contribution in [3.63, 3.8) is 0 Å². The largest absolute Gasteiger partial charge is 0.370 e. The molecule has 0 bridgehead atoms. The van der Waals surface area contributed by atoms with E-state index in [-0.39, 0.29) is 44.0 Å². The van der Waals surface area contributed by atoms with Crippen LogP contribution in [0.2, 0.25) is 0 Å². The van der Waals surface area contributed by atoms with Crippen molar-refractivity contribution in [3.05, 3.63) is 0 Å². The number of halogens is 1. The molecule has 10 N–H and O–H groups in total. The monoisotopic (exact) mass is 556 g/mol. The zero-order chi connectivity index (χ0) is 29.8. The molecule has 13 nitrogen and oxygen atoms in total. The van der Waals surface area contributed by atoms with Crippen LogP contribution < -0.4 is 33.6 Å². The lowest BCUT2D eigenvalue weighted by Crippen LogP contribution is -2.60. The number of nitrogens with one attached hydrogen (secondary N) is 2. The number of carbonyl (C=O) groups excluding carboxylic acids is 5. The molecule has 14 heteroatoms. The molecule has 1 saturated heterocycles. The number of hydrogen-bond acceptors (Lipinski definition) is 8. The van der Waals surface area contributed by atoms with E-state index in [0.29, 0.717) is 25.8 Å². The summed E-state index contributed by atoms with van der Waals surface area (Å²) in [5.41, 5.74) is 20.2. The van der Waals surface area contributed by atoms with E-state index in [2.05, 4.69) is 15.6 Å². The molecule has 1 rings (SSSR count). The topological polar surface area (TPSA) is 229 Å². The minimum atomic E-state index is -1.96. The Hall–Kier alpha value is -3.13. The van der Waals surface area contributed by atoms with Gasteiger partial charge in [-0.05, 0) is 51.5 Å². The number of unbranched alkanes of at least 4 members (excludes halogenated alkanes) is 1.